The minimum absolute atomic E-state index is 0.112. The topological polar surface area (TPSA) is 75.1 Å². The van der Waals surface area contributed by atoms with Crippen molar-refractivity contribution in [3.8, 4) is 0 Å². The summed E-state index contributed by atoms with van der Waals surface area (Å²) in [6, 6.07) is 2.07. The van der Waals surface area contributed by atoms with Crippen LogP contribution in [0.5, 0.6) is 0 Å². The number of anilines is 2. The molecular formula is C14H14N6O. The van der Waals surface area contributed by atoms with E-state index in [2.05, 4.69) is 24.8 Å². The normalized spacial score (nSPS) is 24.5. The van der Waals surface area contributed by atoms with Crippen molar-refractivity contribution in [3.05, 3.63) is 37.2 Å². The average molecular weight is 282 g/mol. The summed E-state index contributed by atoms with van der Waals surface area (Å²) >= 11 is 0. The molecule has 0 spiro atoms. The summed E-state index contributed by atoms with van der Waals surface area (Å²) in [4.78, 5) is 33.0. The van der Waals surface area contributed by atoms with Gasteiger partial charge in [-0.05, 0) is 12.5 Å². The molecular weight excluding hydrogens is 268 g/mol. The summed E-state index contributed by atoms with van der Waals surface area (Å²) < 4.78 is 0. The van der Waals surface area contributed by atoms with Crippen LogP contribution in [0.25, 0.3) is 0 Å². The Morgan fingerprint density at radius 3 is 2.62 bits per heavy atom. The molecule has 21 heavy (non-hydrogen) atoms. The second kappa shape index (κ2) is 4.76. The molecule has 106 valence electrons. The molecule has 0 bridgehead atoms. The lowest BCUT2D eigenvalue weighted by atomic mass is 10.1. The van der Waals surface area contributed by atoms with Gasteiger partial charge in [-0.1, -0.05) is 0 Å². The number of fused-ring (bicyclic) bond motifs is 1. The highest BCUT2D eigenvalue weighted by molar-refractivity contribution is 5.97. The molecule has 0 saturated carbocycles. The lowest BCUT2D eigenvalue weighted by Crippen LogP contribution is -2.38. The van der Waals surface area contributed by atoms with Crippen LogP contribution in [0.1, 0.15) is 12.8 Å². The fourth-order valence-corrected chi connectivity index (χ4v) is 3.29. The Morgan fingerprint density at radius 1 is 1.10 bits per heavy atom. The van der Waals surface area contributed by atoms with Gasteiger partial charge in [-0.15, -0.1) is 0 Å². The van der Waals surface area contributed by atoms with Gasteiger partial charge in [0.2, 0.25) is 11.9 Å². The Balaban J connectivity index is 1.65. The number of hydrogen-bond acceptors (Lipinski definition) is 6. The van der Waals surface area contributed by atoms with Crippen LogP contribution >= 0.6 is 0 Å². The molecule has 2 aliphatic heterocycles. The minimum Gasteiger partial charge on any atom is -0.335 e. The van der Waals surface area contributed by atoms with Gasteiger partial charge in [0, 0.05) is 25.4 Å². The number of rotatable bonds is 2. The molecule has 2 aromatic rings. The van der Waals surface area contributed by atoms with Crippen LogP contribution in [-0.4, -0.2) is 44.5 Å². The van der Waals surface area contributed by atoms with Crippen LogP contribution < -0.4 is 9.80 Å². The molecule has 4 rings (SSSR count). The molecule has 2 saturated heterocycles. The molecule has 0 radical (unpaired) electrons. The van der Waals surface area contributed by atoms with Gasteiger partial charge in [0.05, 0.1) is 30.2 Å². The number of hydrogen-bond donors (Lipinski definition) is 0. The minimum atomic E-state index is 0.112. The molecule has 2 aliphatic rings. The van der Waals surface area contributed by atoms with Crippen LogP contribution in [0.15, 0.2) is 37.2 Å². The van der Waals surface area contributed by atoms with Crippen molar-refractivity contribution >= 4 is 17.5 Å². The fourth-order valence-electron chi connectivity index (χ4n) is 3.29. The molecule has 2 fully saturated rings. The van der Waals surface area contributed by atoms with Crippen molar-refractivity contribution in [1.82, 2.24) is 19.9 Å². The summed E-state index contributed by atoms with van der Waals surface area (Å²) in [7, 11) is 0. The molecule has 2 aromatic heterocycles. The Morgan fingerprint density at radius 2 is 1.86 bits per heavy atom. The van der Waals surface area contributed by atoms with E-state index in [4.69, 9.17) is 0 Å². The van der Waals surface area contributed by atoms with Gasteiger partial charge in [0.15, 0.2) is 0 Å². The smallest absolute Gasteiger partial charge is 0.229 e. The first kappa shape index (κ1) is 12.2. The second-order valence-corrected chi connectivity index (χ2v) is 5.23. The van der Waals surface area contributed by atoms with E-state index in [0.717, 1.165) is 18.7 Å². The monoisotopic (exact) mass is 282 g/mol. The van der Waals surface area contributed by atoms with Crippen LogP contribution in [0.4, 0.5) is 11.6 Å². The number of amides is 1. The maximum Gasteiger partial charge on any atom is 0.229 e. The Labute approximate surface area is 121 Å². The SMILES string of the molecule is O=C1C[C@@H]2[C@H](CCN2c2ncccn2)N1c1cncnc1. The first-order valence-corrected chi connectivity index (χ1v) is 6.95. The zero-order valence-corrected chi connectivity index (χ0v) is 11.3. The summed E-state index contributed by atoms with van der Waals surface area (Å²) in [5.41, 5.74) is 0.769. The number of aromatic nitrogens is 4. The lowest BCUT2D eigenvalue weighted by Gasteiger charge is -2.24. The van der Waals surface area contributed by atoms with Crippen LogP contribution in [0.3, 0.4) is 0 Å². The molecule has 0 aliphatic carbocycles. The van der Waals surface area contributed by atoms with E-state index in [-0.39, 0.29) is 18.0 Å². The van der Waals surface area contributed by atoms with Gasteiger partial charge in [0.25, 0.3) is 0 Å². The third-order valence-corrected chi connectivity index (χ3v) is 4.13. The molecule has 7 nitrogen and oxygen atoms in total. The highest BCUT2D eigenvalue weighted by Crippen LogP contribution is 2.36. The third kappa shape index (κ3) is 1.93. The number of carbonyl (C=O) groups excluding carboxylic acids is 1. The van der Waals surface area contributed by atoms with E-state index in [1.165, 1.54) is 6.33 Å². The van der Waals surface area contributed by atoms with Gasteiger partial charge in [-0.3, -0.25) is 4.79 Å². The fraction of sp³-hybridized carbons (Fsp3) is 0.357. The molecule has 7 heteroatoms. The maximum absolute atomic E-state index is 12.4. The predicted molar refractivity (Wildman–Crippen MR) is 75.7 cm³/mol. The Kier molecular flexibility index (Phi) is 2.77. The van der Waals surface area contributed by atoms with Gasteiger partial charge >= 0.3 is 0 Å². The van der Waals surface area contributed by atoms with Crippen molar-refractivity contribution in [3.63, 3.8) is 0 Å². The van der Waals surface area contributed by atoms with E-state index in [0.29, 0.717) is 12.4 Å². The van der Waals surface area contributed by atoms with Crippen molar-refractivity contribution in [1.29, 1.82) is 0 Å². The highest BCUT2D eigenvalue weighted by Gasteiger charge is 2.48. The van der Waals surface area contributed by atoms with Crippen molar-refractivity contribution in [2.75, 3.05) is 16.3 Å². The number of carbonyl (C=O) groups is 1. The van der Waals surface area contributed by atoms with E-state index < -0.39 is 0 Å². The molecule has 1 amide bonds. The third-order valence-electron chi connectivity index (χ3n) is 4.13. The van der Waals surface area contributed by atoms with E-state index >= 15 is 0 Å². The molecule has 0 aromatic carbocycles. The van der Waals surface area contributed by atoms with Crippen LogP contribution in [-0.2, 0) is 4.79 Å². The zero-order valence-electron chi connectivity index (χ0n) is 11.3. The largest absolute Gasteiger partial charge is 0.335 e. The van der Waals surface area contributed by atoms with E-state index in [1.54, 1.807) is 30.9 Å². The van der Waals surface area contributed by atoms with Crippen molar-refractivity contribution in [2.24, 2.45) is 0 Å². The van der Waals surface area contributed by atoms with Gasteiger partial charge in [-0.2, -0.15) is 0 Å². The van der Waals surface area contributed by atoms with Crippen molar-refractivity contribution < 1.29 is 4.79 Å². The average Bonchev–Trinajstić information content (AvgIpc) is 3.06. The second-order valence-electron chi connectivity index (χ2n) is 5.23. The molecule has 2 atom stereocenters. The first-order valence-electron chi connectivity index (χ1n) is 6.95. The van der Waals surface area contributed by atoms with Crippen molar-refractivity contribution in [2.45, 2.75) is 24.9 Å². The standard InChI is InChI=1S/C14H14N6O/c21-13-6-12-11(20(13)10-7-15-9-16-8-10)2-5-19(12)14-17-3-1-4-18-14/h1,3-4,7-9,11-12H,2,5-6H2/t11-,12+/m0/s1. The van der Waals surface area contributed by atoms with E-state index in [9.17, 15) is 4.79 Å². The zero-order chi connectivity index (χ0) is 14.2. The molecule has 0 unspecified atom stereocenters. The van der Waals surface area contributed by atoms with E-state index in [1.807, 2.05) is 4.90 Å². The Hall–Kier alpha value is -2.57. The highest BCUT2D eigenvalue weighted by atomic mass is 16.2. The van der Waals surface area contributed by atoms with Crippen LogP contribution in [0, 0.1) is 0 Å². The van der Waals surface area contributed by atoms with Crippen LogP contribution in [0.2, 0.25) is 0 Å². The van der Waals surface area contributed by atoms with Gasteiger partial charge in [0.1, 0.15) is 6.33 Å². The molecule has 4 heterocycles. The maximum atomic E-state index is 12.4. The molecule has 0 N–H and O–H groups in total. The predicted octanol–water partition coefficient (Wildman–Crippen LogP) is 0.651. The van der Waals surface area contributed by atoms with Gasteiger partial charge < -0.3 is 9.80 Å². The summed E-state index contributed by atoms with van der Waals surface area (Å²) in [5.74, 6) is 0.810. The number of nitrogens with zero attached hydrogens (tertiary/aromatic N) is 6. The summed E-state index contributed by atoms with van der Waals surface area (Å²) in [5, 5.41) is 0. The summed E-state index contributed by atoms with van der Waals surface area (Å²) in [6.07, 6.45) is 9.70. The summed E-state index contributed by atoms with van der Waals surface area (Å²) in [6.45, 7) is 0.858. The lowest BCUT2D eigenvalue weighted by molar-refractivity contribution is -0.117. The Bertz CT molecular complexity index is 649. The quantitative estimate of drug-likeness (QED) is 0.805. The van der Waals surface area contributed by atoms with Gasteiger partial charge in [-0.25, -0.2) is 19.9 Å². The first-order chi connectivity index (χ1) is 10.3.